The third-order valence-electron chi connectivity index (χ3n) is 4.68. The van der Waals surface area contributed by atoms with Crippen LogP contribution in [0.5, 0.6) is 0 Å². The normalized spacial score (nSPS) is 18.2. The van der Waals surface area contributed by atoms with Crippen molar-refractivity contribution >= 4 is 0 Å². The van der Waals surface area contributed by atoms with Gasteiger partial charge >= 0.3 is 0 Å². The van der Waals surface area contributed by atoms with E-state index in [1.54, 1.807) is 0 Å². The van der Waals surface area contributed by atoms with Crippen molar-refractivity contribution in [2.45, 2.75) is 57.9 Å². The summed E-state index contributed by atoms with van der Waals surface area (Å²) in [4.78, 5) is 0. The van der Waals surface area contributed by atoms with Crippen molar-refractivity contribution in [3.63, 3.8) is 0 Å². The van der Waals surface area contributed by atoms with Crippen molar-refractivity contribution in [2.75, 3.05) is 6.54 Å². The van der Waals surface area contributed by atoms with E-state index in [2.05, 4.69) is 60.6 Å². The zero-order chi connectivity index (χ0) is 15.6. The molecule has 0 bridgehead atoms. The fourth-order valence-electron chi connectivity index (χ4n) is 3.18. The number of nitrogens with zero attached hydrogens (tertiary/aromatic N) is 1. The summed E-state index contributed by atoms with van der Waals surface area (Å²) < 4.78 is 0. The molecule has 0 amide bonds. The largest absolute Gasteiger partial charge is 0.313 e. The van der Waals surface area contributed by atoms with Crippen LogP contribution in [0.4, 0.5) is 0 Å². The molecule has 1 atom stereocenters. The highest BCUT2D eigenvalue weighted by molar-refractivity contribution is 5.27. The third-order valence-corrected chi connectivity index (χ3v) is 4.68. The maximum atomic E-state index is 4.14. The van der Waals surface area contributed by atoms with Gasteiger partial charge in [0.1, 0.15) is 0 Å². The summed E-state index contributed by atoms with van der Waals surface area (Å²) in [5, 5.41) is 10.9. The molecule has 0 radical (unpaired) electrons. The van der Waals surface area contributed by atoms with E-state index >= 15 is 0 Å². The summed E-state index contributed by atoms with van der Waals surface area (Å²) in [6.07, 6.45) is 6.51. The van der Waals surface area contributed by atoms with E-state index in [0.29, 0.717) is 6.04 Å². The predicted molar refractivity (Wildman–Crippen MR) is 91.2 cm³/mol. The predicted octanol–water partition coefficient (Wildman–Crippen LogP) is 3.40. The zero-order valence-electron chi connectivity index (χ0n) is 13.9. The average molecular weight is 297 g/mol. The van der Waals surface area contributed by atoms with Gasteiger partial charge in [-0.15, -0.1) is 0 Å². The van der Waals surface area contributed by atoms with Gasteiger partial charge in [-0.1, -0.05) is 45.0 Å². The van der Waals surface area contributed by atoms with Crippen LogP contribution < -0.4 is 5.32 Å². The Bertz CT molecular complexity index is 604. The lowest BCUT2D eigenvalue weighted by molar-refractivity contribution is 0.459. The van der Waals surface area contributed by atoms with Gasteiger partial charge < -0.3 is 5.32 Å². The smallest absolute Gasteiger partial charge is 0.0522 e. The number of aromatic amines is 1. The van der Waals surface area contributed by atoms with Crippen LogP contribution >= 0.6 is 0 Å². The number of benzene rings is 1. The Labute approximate surface area is 133 Å². The summed E-state index contributed by atoms with van der Waals surface area (Å²) >= 11 is 0. The van der Waals surface area contributed by atoms with E-state index in [-0.39, 0.29) is 5.41 Å². The summed E-state index contributed by atoms with van der Waals surface area (Å²) in [6.45, 7) is 7.83. The SMILES string of the molecule is CC(C)(C)c1ccc(CCNC2CCc3[nH]ncc3C2)cc1. The molecule has 3 nitrogen and oxygen atoms in total. The van der Waals surface area contributed by atoms with Crippen molar-refractivity contribution in [2.24, 2.45) is 0 Å². The minimum atomic E-state index is 0.237. The van der Waals surface area contributed by atoms with Gasteiger partial charge in [0, 0.05) is 11.7 Å². The average Bonchev–Trinajstić information content (AvgIpc) is 2.94. The second kappa shape index (κ2) is 6.25. The topological polar surface area (TPSA) is 40.7 Å². The molecule has 0 fully saturated rings. The molecule has 0 spiro atoms. The zero-order valence-corrected chi connectivity index (χ0v) is 13.9. The number of H-pyrrole nitrogens is 1. The van der Waals surface area contributed by atoms with Crippen LogP contribution in [-0.2, 0) is 24.7 Å². The van der Waals surface area contributed by atoms with E-state index in [1.807, 2.05) is 6.20 Å². The van der Waals surface area contributed by atoms with Gasteiger partial charge in [-0.05, 0) is 54.3 Å². The van der Waals surface area contributed by atoms with Crippen molar-refractivity contribution in [1.29, 1.82) is 0 Å². The first-order valence-corrected chi connectivity index (χ1v) is 8.36. The van der Waals surface area contributed by atoms with Gasteiger partial charge in [-0.25, -0.2) is 0 Å². The molecule has 0 aliphatic heterocycles. The molecular formula is C19H27N3. The molecule has 0 saturated carbocycles. The number of fused-ring (bicyclic) bond motifs is 1. The second-order valence-electron chi connectivity index (χ2n) is 7.46. The Morgan fingerprint density at radius 1 is 1.23 bits per heavy atom. The standard InChI is InChI=1S/C19H27N3/c1-19(2,3)16-6-4-14(5-7-16)10-11-20-17-8-9-18-15(12-17)13-21-22-18/h4-7,13,17,20H,8-12H2,1-3H3,(H,21,22). The van der Waals surface area contributed by atoms with Crippen molar-refractivity contribution < 1.29 is 0 Å². The van der Waals surface area contributed by atoms with E-state index in [4.69, 9.17) is 0 Å². The Balaban J connectivity index is 1.48. The van der Waals surface area contributed by atoms with Gasteiger partial charge in [0.15, 0.2) is 0 Å². The van der Waals surface area contributed by atoms with Crippen LogP contribution in [0.1, 0.15) is 49.6 Å². The lowest BCUT2D eigenvalue weighted by Crippen LogP contribution is -2.35. The third kappa shape index (κ3) is 3.58. The second-order valence-corrected chi connectivity index (χ2v) is 7.46. The molecule has 1 aromatic heterocycles. The van der Waals surface area contributed by atoms with Crippen LogP contribution in [0.15, 0.2) is 30.5 Å². The molecule has 3 rings (SSSR count). The molecule has 118 valence electrons. The summed E-state index contributed by atoms with van der Waals surface area (Å²) in [5.74, 6) is 0. The molecule has 22 heavy (non-hydrogen) atoms. The van der Waals surface area contributed by atoms with Gasteiger partial charge in [0.25, 0.3) is 0 Å². The van der Waals surface area contributed by atoms with E-state index in [9.17, 15) is 0 Å². The minimum absolute atomic E-state index is 0.237. The first-order chi connectivity index (χ1) is 10.5. The molecule has 1 unspecified atom stereocenters. The first-order valence-electron chi connectivity index (χ1n) is 8.36. The lowest BCUT2D eigenvalue weighted by atomic mass is 9.86. The Morgan fingerprint density at radius 3 is 2.73 bits per heavy atom. The van der Waals surface area contributed by atoms with Crippen LogP contribution in [0.3, 0.4) is 0 Å². The van der Waals surface area contributed by atoms with Crippen molar-refractivity contribution in [1.82, 2.24) is 15.5 Å². The van der Waals surface area contributed by atoms with Crippen molar-refractivity contribution in [3.05, 3.63) is 52.8 Å². The van der Waals surface area contributed by atoms with E-state index in [1.165, 1.54) is 28.8 Å². The summed E-state index contributed by atoms with van der Waals surface area (Å²) in [5.41, 5.74) is 5.78. The number of nitrogens with one attached hydrogen (secondary N) is 2. The maximum absolute atomic E-state index is 4.14. The highest BCUT2D eigenvalue weighted by atomic mass is 15.1. The molecule has 1 aromatic carbocycles. The number of aromatic nitrogens is 2. The quantitative estimate of drug-likeness (QED) is 0.908. The molecule has 1 aliphatic carbocycles. The monoisotopic (exact) mass is 297 g/mol. The number of hydrogen-bond donors (Lipinski definition) is 2. The van der Waals surface area contributed by atoms with Gasteiger partial charge in [0.2, 0.25) is 0 Å². The lowest BCUT2D eigenvalue weighted by Gasteiger charge is -2.23. The molecular weight excluding hydrogens is 270 g/mol. The van der Waals surface area contributed by atoms with E-state index in [0.717, 1.165) is 25.8 Å². The van der Waals surface area contributed by atoms with Crippen LogP contribution in [-0.4, -0.2) is 22.8 Å². The Morgan fingerprint density at radius 2 is 2.00 bits per heavy atom. The fourth-order valence-corrected chi connectivity index (χ4v) is 3.18. The van der Waals surface area contributed by atoms with Crippen LogP contribution in [0, 0.1) is 0 Å². The van der Waals surface area contributed by atoms with Gasteiger partial charge in [-0.2, -0.15) is 5.10 Å². The molecule has 2 aromatic rings. The molecule has 1 aliphatic rings. The maximum Gasteiger partial charge on any atom is 0.0522 e. The number of rotatable bonds is 4. The van der Waals surface area contributed by atoms with Gasteiger partial charge in [-0.3, -0.25) is 5.10 Å². The fraction of sp³-hybridized carbons (Fsp3) is 0.526. The Kier molecular flexibility index (Phi) is 4.34. The number of aryl methyl sites for hydroxylation is 1. The molecule has 3 heteroatoms. The highest BCUT2D eigenvalue weighted by Gasteiger charge is 2.19. The summed E-state index contributed by atoms with van der Waals surface area (Å²) in [6, 6.07) is 9.69. The number of hydrogen-bond acceptors (Lipinski definition) is 2. The minimum Gasteiger partial charge on any atom is -0.313 e. The molecule has 0 saturated heterocycles. The first kappa shape index (κ1) is 15.3. The molecule has 2 N–H and O–H groups in total. The molecule has 1 heterocycles. The van der Waals surface area contributed by atoms with Crippen LogP contribution in [0.2, 0.25) is 0 Å². The Hall–Kier alpha value is -1.61. The van der Waals surface area contributed by atoms with Crippen LogP contribution in [0.25, 0.3) is 0 Å². The van der Waals surface area contributed by atoms with Gasteiger partial charge in [0.05, 0.1) is 6.20 Å². The van der Waals surface area contributed by atoms with Crippen molar-refractivity contribution in [3.8, 4) is 0 Å². The summed E-state index contributed by atoms with van der Waals surface area (Å²) in [7, 11) is 0. The highest BCUT2D eigenvalue weighted by Crippen LogP contribution is 2.22. The van der Waals surface area contributed by atoms with E-state index < -0.39 is 0 Å².